The summed E-state index contributed by atoms with van der Waals surface area (Å²) in [6.07, 6.45) is 0. The van der Waals surface area contributed by atoms with Crippen molar-refractivity contribution in [3.8, 4) is 0 Å². The molecule has 1 amide bonds. The molecule has 28 heavy (non-hydrogen) atoms. The van der Waals surface area contributed by atoms with Crippen molar-refractivity contribution in [3.63, 3.8) is 0 Å². The van der Waals surface area contributed by atoms with Gasteiger partial charge in [0.2, 0.25) is 10.0 Å². The van der Waals surface area contributed by atoms with Crippen molar-refractivity contribution in [2.45, 2.75) is 25.3 Å². The van der Waals surface area contributed by atoms with Crippen LogP contribution in [-0.2, 0) is 21.3 Å². The standard InChI is InChI=1S/C21H26N2O4S/c1-16-7-8-19(17(2)13-16)15-22(3)21(24)18-5-4-6-20(14-18)28(25,26)23-9-11-27-12-10-23/h4-8,13-14H,9-12,15H2,1-3H3. The first kappa shape index (κ1) is 20.5. The molecule has 0 saturated carbocycles. The fourth-order valence-electron chi connectivity index (χ4n) is 3.30. The lowest BCUT2D eigenvalue weighted by molar-refractivity contribution is 0.0730. The number of carbonyl (C=O) groups is 1. The SMILES string of the molecule is Cc1ccc(CN(C)C(=O)c2cccc(S(=O)(=O)N3CCOCC3)c2)c(C)c1. The second-order valence-electron chi connectivity index (χ2n) is 7.14. The number of sulfonamides is 1. The molecule has 1 heterocycles. The Labute approximate surface area is 166 Å². The third kappa shape index (κ3) is 4.43. The molecule has 0 aliphatic carbocycles. The van der Waals surface area contributed by atoms with Crippen LogP contribution in [0.4, 0.5) is 0 Å². The van der Waals surface area contributed by atoms with Crippen LogP contribution in [0.15, 0.2) is 47.4 Å². The van der Waals surface area contributed by atoms with Crippen LogP contribution in [0.5, 0.6) is 0 Å². The van der Waals surface area contributed by atoms with Crippen LogP contribution in [0, 0.1) is 13.8 Å². The van der Waals surface area contributed by atoms with Gasteiger partial charge in [-0.3, -0.25) is 4.79 Å². The van der Waals surface area contributed by atoms with E-state index in [-0.39, 0.29) is 10.8 Å². The highest BCUT2D eigenvalue weighted by molar-refractivity contribution is 7.89. The van der Waals surface area contributed by atoms with Crippen molar-refractivity contribution >= 4 is 15.9 Å². The third-order valence-corrected chi connectivity index (χ3v) is 6.84. The van der Waals surface area contributed by atoms with Gasteiger partial charge in [-0.1, -0.05) is 29.8 Å². The highest BCUT2D eigenvalue weighted by Gasteiger charge is 2.27. The van der Waals surface area contributed by atoms with E-state index in [4.69, 9.17) is 4.74 Å². The van der Waals surface area contributed by atoms with Gasteiger partial charge < -0.3 is 9.64 Å². The van der Waals surface area contributed by atoms with Crippen LogP contribution >= 0.6 is 0 Å². The fraction of sp³-hybridized carbons (Fsp3) is 0.381. The highest BCUT2D eigenvalue weighted by Crippen LogP contribution is 2.20. The molecule has 0 spiro atoms. The Bertz CT molecular complexity index is 966. The van der Waals surface area contributed by atoms with Crippen molar-refractivity contribution in [3.05, 3.63) is 64.7 Å². The number of nitrogens with zero attached hydrogens (tertiary/aromatic N) is 2. The minimum atomic E-state index is -3.63. The predicted octanol–water partition coefficient (Wildman–Crippen LogP) is 2.60. The molecule has 7 heteroatoms. The lowest BCUT2D eigenvalue weighted by Crippen LogP contribution is -2.40. The zero-order chi connectivity index (χ0) is 20.3. The molecule has 0 aromatic heterocycles. The quantitative estimate of drug-likeness (QED) is 0.771. The molecule has 1 saturated heterocycles. The second kappa shape index (κ2) is 8.43. The molecular formula is C21H26N2O4S. The maximum absolute atomic E-state index is 12.9. The van der Waals surface area contributed by atoms with E-state index in [1.807, 2.05) is 26.0 Å². The molecule has 150 valence electrons. The molecule has 0 radical (unpaired) electrons. The Morgan fingerprint density at radius 1 is 1.11 bits per heavy atom. The monoisotopic (exact) mass is 402 g/mol. The van der Waals surface area contributed by atoms with Crippen LogP contribution in [0.1, 0.15) is 27.0 Å². The maximum atomic E-state index is 12.9. The number of hydrogen-bond acceptors (Lipinski definition) is 4. The summed E-state index contributed by atoms with van der Waals surface area (Å²) < 4.78 is 32.3. The lowest BCUT2D eigenvalue weighted by Gasteiger charge is -2.26. The molecule has 0 unspecified atom stereocenters. The molecular weight excluding hydrogens is 376 g/mol. The van der Waals surface area contributed by atoms with E-state index in [2.05, 4.69) is 6.07 Å². The van der Waals surface area contributed by atoms with E-state index in [9.17, 15) is 13.2 Å². The maximum Gasteiger partial charge on any atom is 0.253 e. The largest absolute Gasteiger partial charge is 0.379 e. The summed E-state index contributed by atoms with van der Waals surface area (Å²) in [5.41, 5.74) is 3.74. The van der Waals surface area contributed by atoms with Crippen molar-refractivity contribution in [1.29, 1.82) is 0 Å². The average molecular weight is 403 g/mol. The molecule has 1 aliphatic heterocycles. The molecule has 0 N–H and O–H groups in total. The third-order valence-electron chi connectivity index (χ3n) is 4.94. The Hall–Kier alpha value is -2.22. The van der Waals surface area contributed by atoms with Gasteiger partial charge >= 0.3 is 0 Å². The molecule has 1 aliphatic rings. The number of rotatable bonds is 5. The van der Waals surface area contributed by atoms with Crippen molar-refractivity contribution in [2.75, 3.05) is 33.4 Å². The van der Waals surface area contributed by atoms with E-state index in [0.717, 1.165) is 11.1 Å². The summed E-state index contributed by atoms with van der Waals surface area (Å²) >= 11 is 0. The molecule has 3 rings (SSSR count). The zero-order valence-electron chi connectivity index (χ0n) is 16.5. The number of benzene rings is 2. The highest BCUT2D eigenvalue weighted by atomic mass is 32.2. The van der Waals surface area contributed by atoms with Gasteiger partial charge in [0.15, 0.2) is 0 Å². The van der Waals surface area contributed by atoms with E-state index in [1.165, 1.54) is 22.0 Å². The fourth-order valence-corrected chi connectivity index (χ4v) is 4.75. The van der Waals surface area contributed by atoms with Gasteiger partial charge in [-0.05, 0) is 43.2 Å². The first-order chi connectivity index (χ1) is 13.3. The Kier molecular flexibility index (Phi) is 6.17. The van der Waals surface area contributed by atoms with Crippen LogP contribution in [-0.4, -0.2) is 56.9 Å². The first-order valence-electron chi connectivity index (χ1n) is 9.28. The number of ether oxygens (including phenoxy) is 1. The summed E-state index contributed by atoms with van der Waals surface area (Å²) in [6.45, 7) is 5.95. The number of amides is 1. The van der Waals surface area contributed by atoms with Gasteiger partial charge in [-0.25, -0.2) is 8.42 Å². The normalized spacial score (nSPS) is 15.4. The summed E-state index contributed by atoms with van der Waals surface area (Å²) in [5.74, 6) is -0.209. The summed E-state index contributed by atoms with van der Waals surface area (Å²) in [6, 6.07) is 12.4. The number of aryl methyl sites for hydroxylation is 2. The minimum Gasteiger partial charge on any atom is -0.379 e. The summed E-state index contributed by atoms with van der Waals surface area (Å²) in [5, 5.41) is 0. The average Bonchev–Trinajstić information content (AvgIpc) is 2.70. The predicted molar refractivity (Wildman–Crippen MR) is 108 cm³/mol. The molecule has 2 aromatic carbocycles. The van der Waals surface area contributed by atoms with Gasteiger partial charge in [-0.2, -0.15) is 4.31 Å². The van der Waals surface area contributed by atoms with E-state index in [0.29, 0.717) is 38.4 Å². The van der Waals surface area contributed by atoms with Crippen molar-refractivity contribution in [2.24, 2.45) is 0 Å². The van der Waals surface area contributed by atoms with Crippen molar-refractivity contribution < 1.29 is 17.9 Å². The van der Waals surface area contributed by atoms with E-state index < -0.39 is 10.0 Å². The van der Waals surface area contributed by atoms with Gasteiger partial charge in [0, 0.05) is 32.2 Å². The van der Waals surface area contributed by atoms with Crippen LogP contribution in [0.25, 0.3) is 0 Å². The summed E-state index contributed by atoms with van der Waals surface area (Å²) in [7, 11) is -1.90. The van der Waals surface area contributed by atoms with Crippen LogP contribution < -0.4 is 0 Å². The molecule has 2 aromatic rings. The zero-order valence-corrected chi connectivity index (χ0v) is 17.3. The smallest absolute Gasteiger partial charge is 0.253 e. The first-order valence-corrected chi connectivity index (χ1v) is 10.7. The number of hydrogen-bond donors (Lipinski definition) is 0. The minimum absolute atomic E-state index is 0.139. The number of morpholine rings is 1. The summed E-state index contributed by atoms with van der Waals surface area (Å²) in [4.78, 5) is 14.6. The molecule has 6 nitrogen and oxygen atoms in total. The molecule has 0 atom stereocenters. The van der Waals surface area contributed by atoms with E-state index in [1.54, 1.807) is 24.1 Å². The van der Waals surface area contributed by atoms with Gasteiger partial charge in [0.1, 0.15) is 0 Å². The molecule has 0 bridgehead atoms. The Morgan fingerprint density at radius 3 is 2.50 bits per heavy atom. The second-order valence-corrected chi connectivity index (χ2v) is 9.07. The number of carbonyl (C=O) groups excluding carboxylic acids is 1. The van der Waals surface area contributed by atoms with Crippen LogP contribution in [0.2, 0.25) is 0 Å². The van der Waals surface area contributed by atoms with Gasteiger partial charge in [-0.15, -0.1) is 0 Å². The van der Waals surface area contributed by atoms with E-state index >= 15 is 0 Å². The Balaban J connectivity index is 1.79. The lowest BCUT2D eigenvalue weighted by atomic mass is 10.1. The van der Waals surface area contributed by atoms with Crippen molar-refractivity contribution in [1.82, 2.24) is 9.21 Å². The topological polar surface area (TPSA) is 66.9 Å². The van der Waals surface area contributed by atoms with Gasteiger partial charge in [0.05, 0.1) is 18.1 Å². The molecule has 1 fully saturated rings. The van der Waals surface area contributed by atoms with Crippen LogP contribution in [0.3, 0.4) is 0 Å². The van der Waals surface area contributed by atoms with Gasteiger partial charge in [0.25, 0.3) is 5.91 Å². The Morgan fingerprint density at radius 2 is 1.82 bits per heavy atom.